The maximum absolute atomic E-state index is 12.5. The van der Waals surface area contributed by atoms with E-state index in [4.69, 9.17) is 4.74 Å². The fourth-order valence-corrected chi connectivity index (χ4v) is 2.78. The number of anilines is 1. The van der Waals surface area contributed by atoms with E-state index in [1.807, 2.05) is 30.3 Å². The Morgan fingerprint density at radius 1 is 1.19 bits per heavy atom. The van der Waals surface area contributed by atoms with E-state index in [0.717, 1.165) is 11.4 Å². The third-order valence-electron chi connectivity index (χ3n) is 4.09. The minimum atomic E-state index is -0.284. The summed E-state index contributed by atoms with van der Waals surface area (Å²) in [6.07, 6.45) is 2.22. The van der Waals surface area contributed by atoms with Gasteiger partial charge < -0.3 is 15.4 Å². The second kappa shape index (κ2) is 7.28. The van der Waals surface area contributed by atoms with Crippen molar-refractivity contribution in [1.29, 1.82) is 0 Å². The van der Waals surface area contributed by atoms with Gasteiger partial charge in [0, 0.05) is 13.0 Å². The molecule has 1 aliphatic rings. The zero-order valence-electron chi connectivity index (χ0n) is 14.4. The molecule has 2 N–H and O–H groups in total. The molecule has 4 rings (SSSR count). The lowest BCUT2D eigenvalue weighted by Crippen LogP contribution is -2.30. The highest BCUT2D eigenvalue weighted by molar-refractivity contribution is 6.06. The number of ether oxygens (including phenoxy) is 1. The molecule has 0 spiro atoms. The van der Waals surface area contributed by atoms with Crippen molar-refractivity contribution < 1.29 is 14.3 Å². The third kappa shape index (κ3) is 3.64. The Morgan fingerprint density at radius 3 is 2.89 bits per heavy atom. The van der Waals surface area contributed by atoms with Gasteiger partial charge in [0.1, 0.15) is 5.75 Å². The van der Waals surface area contributed by atoms with E-state index >= 15 is 0 Å². The highest BCUT2D eigenvalue weighted by Crippen LogP contribution is 2.30. The Labute approximate surface area is 155 Å². The summed E-state index contributed by atoms with van der Waals surface area (Å²) < 4.78 is 5.33. The molecule has 0 aliphatic carbocycles. The second-order valence-corrected chi connectivity index (χ2v) is 5.98. The lowest BCUT2D eigenvalue weighted by molar-refractivity contribution is -0.118. The molecule has 136 valence electrons. The summed E-state index contributed by atoms with van der Waals surface area (Å²) >= 11 is 0. The van der Waals surface area contributed by atoms with Crippen molar-refractivity contribution in [1.82, 2.24) is 20.3 Å². The quantitative estimate of drug-likeness (QED) is 0.717. The zero-order chi connectivity index (χ0) is 18.6. The highest BCUT2D eigenvalue weighted by Gasteiger charge is 2.22. The van der Waals surface area contributed by atoms with Gasteiger partial charge in [-0.25, -0.2) is 0 Å². The summed E-state index contributed by atoms with van der Waals surface area (Å²) in [7, 11) is 0. The first kappa shape index (κ1) is 16.8. The predicted octanol–water partition coefficient (Wildman–Crippen LogP) is 1.57. The molecule has 0 bridgehead atoms. The number of carbonyl (C=O) groups excluding carboxylic acids is 2. The van der Waals surface area contributed by atoms with E-state index in [-0.39, 0.29) is 18.4 Å². The maximum atomic E-state index is 12.5. The minimum absolute atomic E-state index is 0.0465. The predicted molar refractivity (Wildman–Crippen MR) is 98.0 cm³/mol. The van der Waals surface area contributed by atoms with Crippen LogP contribution in [-0.2, 0) is 11.2 Å². The fourth-order valence-electron chi connectivity index (χ4n) is 2.78. The van der Waals surface area contributed by atoms with Crippen LogP contribution in [0.1, 0.15) is 16.1 Å². The summed E-state index contributed by atoms with van der Waals surface area (Å²) in [6, 6.07) is 14.7. The number of hydrogen-bond acceptors (Lipinski definition) is 5. The van der Waals surface area contributed by atoms with Crippen LogP contribution in [0.2, 0.25) is 0 Å². The summed E-state index contributed by atoms with van der Waals surface area (Å²) in [6.45, 7) is 0.347. The van der Waals surface area contributed by atoms with Gasteiger partial charge in [-0.15, -0.1) is 0 Å². The first-order valence-electron chi connectivity index (χ1n) is 8.51. The third-order valence-corrected chi connectivity index (χ3v) is 4.09. The van der Waals surface area contributed by atoms with Gasteiger partial charge in [0.25, 0.3) is 11.8 Å². The molecule has 1 aliphatic heterocycles. The number of rotatable bonds is 5. The average Bonchev–Trinajstić information content (AvgIpc) is 3.17. The molecule has 2 amide bonds. The average molecular weight is 363 g/mol. The number of carbonyl (C=O) groups is 2. The molecular weight excluding hydrogens is 346 g/mol. The Bertz CT molecular complexity index is 984. The van der Waals surface area contributed by atoms with Crippen LogP contribution in [0, 0.1) is 0 Å². The van der Waals surface area contributed by atoms with Gasteiger partial charge in [-0.3, -0.25) is 9.59 Å². The molecule has 2 heterocycles. The van der Waals surface area contributed by atoms with Crippen LogP contribution in [0.15, 0.2) is 54.7 Å². The van der Waals surface area contributed by atoms with Crippen LogP contribution in [0.5, 0.6) is 5.75 Å². The Morgan fingerprint density at radius 2 is 2.04 bits per heavy atom. The van der Waals surface area contributed by atoms with Crippen molar-refractivity contribution in [3.8, 4) is 11.4 Å². The first-order chi connectivity index (χ1) is 13.2. The van der Waals surface area contributed by atoms with Gasteiger partial charge in [0.05, 0.1) is 28.8 Å². The van der Waals surface area contributed by atoms with Gasteiger partial charge in [-0.1, -0.05) is 24.3 Å². The summed E-state index contributed by atoms with van der Waals surface area (Å²) in [5.41, 5.74) is 2.42. The number of aromatic nitrogens is 3. The minimum Gasteiger partial charge on any atom is -0.482 e. The molecule has 0 radical (unpaired) electrons. The van der Waals surface area contributed by atoms with Crippen molar-refractivity contribution in [2.24, 2.45) is 0 Å². The number of fused-ring (bicyclic) bond motifs is 1. The number of para-hydroxylation sites is 2. The number of nitrogens with zero attached hydrogens (tertiary/aromatic N) is 3. The number of benzene rings is 2. The van der Waals surface area contributed by atoms with Crippen LogP contribution >= 0.6 is 0 Å². The number of hydrogen-bond donors (Lipinski definition) is 2. The van der Waals surface area contributed by atoms with E-state index in [1.54, 1.807) is 29.2 Å². The zero-order valence-corrected chi connectivity index (χ0v) is 14.4. The van der Waals surface area contributed by atoms with Gasteiger partial charge in [0.2, 0.25) is 0 Å². The highest BCUT2D eigenvalue weighted by atomic mass is 16.5. The van der Waals surface area contributed by atoms with Crippen LogP contribution in [0.3, 0.4) is 0 Å². The lowest BCUT2D eigenvalue weighted by atomic mass is 10.1. The van der Waals surface area contributed by atoms with Crippen molar-refractivity contribution in [2.45, 2.75) is 6.42 Å². The largest absolute Gasteiger partial charge is 0.482 e. The summed E-state index contributed by atoms with van der Waals surface area (Å²) in [5.74, 6) is -0.0681. The summed E-state index contributed by atoms with van der Waals surface area (Å²) in [5, 5.41) is 14.2. The molecule has 1 aromatic heterocycles. The van der Waals surface area contributed by atoms with Crippen molar-refractivity contribution >= 4 is 17.5 Å². The van der Waals surface area contributed by atoms with Crippen molar-refractivity contribution in [3.05, 3.63) is 66.0 Å². The smallest absolute Gasteiger partial charge is 0.262 e. The molecule has 0 atom stereocenters. The molecule has 0 unspecified atom stereocenters. The van der Waals surface area contributed by atoms with Crippen LogP contribution in [0.25, 0.3) is 5.69 Å². The van der Waals surface area contributed by atoms with E-state index in [2.05, 4.69) is 20.8 Å². The summed E-state index contributed by atoms with van der Waals surface area (Å²) in [4.78, 5) is 25.6. The van der Waals surface area contributed by atoms with Crippen molar-refractivity contribution in [3.63, 3.8) is 0 Å². The number of amides is 2. The molecule has 27 heavy (non-hydrogen) atoms. The van der Waals surface area contributed by atoms with E-state index in [9.17, 15) is 9.59 Å². The second-order valence-electron chi connectivity index (χ2n) is 5.98. The van der Waals surface area contributed by atoms with Gasteiger partial charge in [-0.05, 0) is 24.3 Å². The van der Waals surface area contributed by atoms with Crippen molar-refractivity contribution in [2.75, 3.05) is 18.5 Å². The lowest BCUT2D eigenvalue weighted by Gasteiger charge is -2.20. The molecule has 0 fully saturated rings. The normalized spacial score (nSPS) is 12.7. The maximum Gasteiger partial charge on any atom is 0.262 e. The Hall–Kier alpha value is -3.68. The Balaban J connectivity index is 1.38. The molecule has 8 nitrogen and oxygen atoms in total. The SMILES string of the molecule is O=C1COc2cccc(C(=O)NCCc3cnn(-c4ccccc4)n3)c2N1. The molecule has 0 saturated heterocycles. The molecular formula is C19H17N5O3. The molecule has 3 aromatic rings. The van der Waals surface area contributed by atoms with Crippen LogP contribution in [-0.4, -0.2) is 40.0 Å². The molecule has 2 aromatic carbocycles. The van der Waals surface area contributed by atoms with Crippen LogP contribution < -0.4 is 15.4 Å². The monoisotopic (exact) mass is 363 g/mol. The first-order valence-corrected chi connectivity index (χ1v) is 8.51. The topological polar surface area (TPSA) is 98.1 Å². The van der Waals surface area contributed by atoms with Gasteiger partial charge >= 0.3 is 0 Å². The Kier molecular flexibility index (Phi) is 4.52. The van der Waals surface area contributed by atoms with E-state index in [0.29, 0.717) is 30.0 Å². The van der Waals surface area contributed by atoms with Gasteiger partial charge in [-0.2, -0.15) is 15.0 Å². The molecule has 0 saturated carbocycles. The number of nitrogens with one attached hydrogen (secondary N) is 2. The van der Waals surface area contributed by atoms with E-state index in [1.165, 1.54) is 0 Å². The van der Waals surface area contributed by atoms with Crippen LogP contribution in [0.4, 0.5) is 5.69 Å². The molecule has 8 heteroatoms. The fraction of sp³-hybridized carbons (Fsp3) is 0.158. The standard InChI is InChI=1S/C19H17N5O3/c25-17-12-27-16-8-4-7-15(18(16)22-17)19(26)20-10-9-13-11-21-24(23-13)14-5-2-1-3-6-14/h1-8,11H,9-10,12H2,(H,20,26)(H,22,25). The van der Waals surface area contributed by atoms with E-state index < -0.39 is 0 Å². The van der Waals surface area contributed by atoms with Gasteiger partial charge in [0.15, 0.2) is 6.61 Å².